The van der Waals surface area contributed by atoms with Crippen LogP contribution in [0.5, 0.6) is 0 Å². The summed E-state index contributed by atoms with van der Waals surface area (Å²) in [5.74, 6) is -0.767. The maximum atomic E-state index is 13.3. The largest absolute Gasteiger partial charge is 0.421 e. The van der Waals surface area contributed by atoms with E-state index in [0.29, 0.717) is 11.9 Å². The van der Waals surface area contributed by atoms with Gasteiger partial charge in [0.25, 0.3) is 10.0 Å². The van der Waals surface area contributed by atoms with Crippen molar-refractivity contribution >= 4 is 39.2 Å². The highest BCUT2D eigenvalue weighted by molar-refractivity contribution is 7.92. The Kier molecular flexibility index (Phi) is 7.50. The zero-order valence-electron chi connectivity index (χ0n) is 17.7. The van der Waals surface area contributed by atoms with Crippen molar-refractivity contribution in [2.24, 2.45) is 0 Å². The van der Waals surface area contributed by atoms with Crippen molar-refractivity contribution < 1.29 is 26.4 Å². The van der Waals surface area contributed by atoms with Crippen LogP contribution in [-0.2, 0) is 21.0 Å². The standard InChI is InChI=1S/C20H20F3N7O3S/c1-13(31)24-10-11-26-18-16(20(21,22)23)12-27-19(29-18)28-14-5-7-15(8-6-14)34(32,33)30-17-4-2-3-9-25-17/h2-9,12H,10-11H2,1H3,(H,24,31)(H,25,30)(H2,26,27,28,29). The minimum Gasteiger partial charge on any atom is -0.368 e. The summed E-state index contributed by atoms with van der Waals surface area (Å²) in [5.41, 5.74) is -0.719. The Morgan fingerprint density at radius 1 is 1.03 bits per heavy atom. The van der Waals surface area contributed by atoms with E-state index in [1.165, 1.54) is 43.5 Å². The van der Waals surface area contributed by atoms with E-state index < -0.39 is 27.6 Å². The first-order valence-electron chi connectivity index (χ1n) is 9.78. The smallest absolute Gasteiger partial charge is 0.368 e. The number of aromatic nitrogens is 3. The number of hydrogen-bond acceptors (Lipinski definition) is 8. The third-order valence-electron chi connectivity index (χ3n) is 4.21. The number of carbonyl (C=O) groups is 1. The molecule has 2 heterocycles. The molecule has 0 spiro atoms. The van der Waals surface area contributed by atoms with Crippen molar-refractivity contribution in [3.63, 3.8) is 0 Å². The molecule has 0 saturated heterocycles. The lowest BCUT2D eigenvalue weighted by atomic mass is 10.3. The van der Waals surface area contributed by atoms with Gasteiger partial charge in [0.15, 0.2) is 0 Å². The van der Waals surface area contributed by atoms with Gasteiger partial charge in [0, 0.05) is 38.1 Å². The fourth-order valence-electron chi connectivity index (χ4n) is 2.67. The zero-order valence-corrected chi connectivity index (χ0v) is 18.5. The van der Waals surface area contributed by atoms with Gasteiger partial charge in [-0.2, -0.15) is 18.2 Å². The molecule has 10 nitrogen and oxygen atoms in total. The summed E-state index contributed by atoms with van der Waals surface area (Å²) in [6, 6.07) is 10.2. The third-order valence-corrected chi connectivity index (χ3v) is 5.58. The summed E-state index contributed by atoms with van der Waals surface area (Å²) in [7, 11) is -3.89. The van der Waals surface area contributed by atoms with Gasteiger partial charge < -0.3 is 16.0 Å². The lowest BCUT2D eigenvalue weighted by Gasteiger charge is -2.15. The Morgan fingerprint density at radius 3 is 2.38 bits per heavy atom. The normalized spacial score (nSPS) is 11.5. The van der Waals surface area contributed by atoms with Crippen LogP contribution in [-0.4, -0.2) is 42.4 Å². The molecule has 0 aliphatic heterocycles. The van der Waals surface area contributed by atoms with Crippen LogP contribution in [0.4, 0.5) is 36.4 Å². The van der Waals surface area contributed by atoms with E-state index in [4.69, 9.17) is 0 Å². The molecule has 3 aromatic rings. The number of carbonyl (C=O) groups excluding carboxylic acids is 1. The van der Waals surface area contributed by atoms with E-state index in [-0.39, 0.29) is 35.7 Å². The van der Waals surface area contributed by atoms with Crippen LogP contribution in [0.1, 0.15) is 12.5 Å². The molecule has 14 heteroatoms. The average molecular weight is 495 g/mol. The fraction of sp³-hybridized carbons (Fsp3) is 0.200. The van der Waals surface area contributed by atoms with Crippen LogP contribution in [0.15, 0.2) is 59.8 Å². The average Bonchev–Trinajstić information content (AvgIpc) is 2.77. The number of nitrogens with zero attached hydrogens (tertiary/aromatic N) is 3. The summed E-state index contributed by atoms with van der Waals surface area (Å²) < 4.78 is 67.1. The lowest BCUT2D eigenvalue weighted by Crippen LogP contribution is -2.27. The van der Waals surface area contributed by atoms with Gasteiger partial charge in [0.05, 0.1) is 4.90 Å². The number of halogens is 3. The molecule has 0 radical (unpaired) electrons. The molecule has 0 aliphatic carbocycles. The highest BCUT2D eigenvalue weighted by Crippen LogP contribution is 2.34. The molecule has 1 amide bonds. The number of rotatable bonds is 9. The Morgan fingerprint density at radius 2 is 1.76 bits per heavy atom. The first-order valence-corrected chi connectivity index (χ1v) is 11.3. The minimum absolute atomic E-state index is 0.00887. The Labute approximate surface area is 193 Å². The number of sulfonamides is 1. The van der Waals surface area contributed by atoms with Crippen LogP contribution in [0.2, 0.25) is 0 Å². The van der Waals surface area contributed by atoms with Crippen molar-refractivity contribution in [3.8, 4) is 0 Å². The van der Waals surface area contributed by atoms with Crippen molar-refractivity contribution in [2.75, 3.05) is 28.4 Å². The molecular weight excluding hydrogens is 475 g/mol. The molecule has 0 atom stereocenters. The summed E-state index contributed by atoms with van der Waals surface area (Å²) in [4.78, 5) is 22.3. The molecule has 1 aromatic carbocycles. The molecule has 0 unspecified atom stereocenters. The Hall–Kier alpha value is -3.94. The summed E-state index contributed by atoms with van der Waals surface area (Å²) in [5, 5.41) is 7.73. The molecule has 0 fully saturated rings. The molecule has 0 bridgehead atoms. The predicted octanol–water partition coefficient (Wildman–Crippen LogP) is 2.98. The first-order chi connectivity index (χ1) is 16.0. The molecule has 4 N–H and O–H groups in total. The summed E-state index contributed by atoms with van der Waals surface area (Å²) in [6.45, 7) is 1.40. The van der Waals surface area contributed by atoms with Gasteiger partial charge in [0.1, 0.15) is 17.2 Å². The highest BCUT2D eigenvalue weighted by atomic mass is 32.2. The zero-order chi connectivity index (χ0) is 24.8. The second-order valence-corrected chi connectivity index (χ2v) is 8.52. The number of hydrogen-bond donors (Lipinski definition) is 4. The van der Waals surface area contributed by atoms with Crippen LogP contribution in [0, 0.1) is 0 Å². The van der Waals surface area contributed by atoms with E-state index in [9.17, 15) is 26.4 Å². The topological polar surface area (TPSA) is 138 Å². The predicted molar refractivity (Wildman–Crippen MR) is 119 cm³/mol. The maximum absolute atomic E-state index is 13.3. The highest BCUT2D eigenvalue weighted by Gasteiger charge is 2.35. The maximum Gasteiger partial charge on any atom is 0.421 e. The van der Waals surface area contributed by atoms with E-state index in [0.717, 1.165) is 0 Å². The fourth-order valence-corrected chi connectivity index (χ4v) is 3.68. The second kappa shape index (κ2) is 10.3. The van der Waals surface area contributed by atoms with Crippen LogP contribution < -0.4 is 20.7 Å². The number of pyridine rings is 1. The number of nitrogens with one attached hydrogen (secondary N) is 4. The Balaban J connectivity index is 1.74. The van der Waals surface area contributed by atoms with Crippen LogP contribution >= 0.6 is 0 Å². The number of alkyl halides is 3. The number of amides is 1. The molecule has 0 saturated carbocycles. The van der Waals surface area contributed by atoms with Crippen LogP contribution in [0.25, 0.3) is 0 Å². The SMILES string of the molecule is CC(=O)NCCNc1nc(Nc2ccc(S(=O)(=O)Nc3ccccn3)cc2)ncc1C(F)(F)F. The lowest BCUT2D eigenvalue weighted by molar-refractivity contribution is -0.137. The van der Waals surface area contributed by atoms with Gasteiger partial charge in [-0.15, -0.1) is 0 Å². The molecule has 2 aromatic heterocycles. The van der Waals surface area contributed by atoms with Crippen molar-refractivity contribution in [2.45, 2.75) is 18.0 Å². The quantitative estimate of drug-likeness (QED) is 0.333. The second-order valence-electron chi connectivity index (χ2n) is 6.83. The van der Waals surface area contributed by atoms with Gasteiger partial charge in [-0.1, -0.05) is 6.07 Å². The van der Waals surface area contributed by atoms with Gasteiger partial charge in [0.2, 0.25) is 11.9 Å². The summed E-state index contributed by atoms with van der Waals surface area (Å²) >= 11 is 0. The van der Waals surface area contributed by atoms with Gasteiger partial charge in [-0.05, 0) is 36.4 Å². The van der Waals surface area contributed by atoms with E-state index in [1.54, 1.807) is 12.1 Å². The number of anilines is 4. The van der Waals surface area contributed by atoms with Gasteiger partial charge >= 0.3 is 6.18 Å². The van der Waals surface area contributed by atoms with E-state index >= 15 is 0 Å². The van der Waals surface area contributed by atoms with Crippen molar-refractivity contribution in [3.05, 3.63) is 60.4 Å². The number of benzene rings is 1. The van der Waals surface area contributed by atoms with Crippen molar-refractivity contribution in [1.82, 2.24) is 20.3 Å². The third kappa shape index (κ3) is 6.78. The molecule has 0 aliphatic rings. The summed E-state index contributed by atoms with van der Waals surface area (Å²) in [6.07, 6.45) is -2.62. The molecule has 3 rings (SSSR count). The molecule has 34 heavy (non-hydrogen) atoms. The van der Waals surface area contributed by atoms with E-state index in [2.05, 4.69) is 35.6 Å². The monoisotopic (exact) mass is 495 g/mol. The minimum atomic E-state index is -4.69. The molecular formula is C20H20F3N7O3S. The van der Waals surface area contributed by atoms with Crippen molar-refractivity contribution in [1.29, 1.82) is 0 Å². The van der Waals surface area contributed by atoms with E-state index in [1.807, 2.05) is 0 Å². The molecule has 180 valence electrons. The first kappa shape index (κ1) is 24.7. The van der Waals surface area contributed by atoms with Gasteiger partial charge in [-0.3, -0.25) is 9.52 Å². The van der Waals surface area contributed by atoms with Crippen LogP contribution in [0.3, 0.4) is 0 Å². The Bertz CT molecular complexity index is 1240. The van der Waals surface area contributed by atoms with Gasteiger partial charge in [-0.25, -0.2) is 18.4 Å².